The molecule has 6 rings (SSSR count). The minimum Gasteiger partial charge on any atom is -0.367 e. The molecule has 3 aliphatic carbocycles. The summed E-state index contributed by atoms with van der Waals surface area (Å²) in [5.74, 6) is 2.39. The van der Waals surface area contributed by atoms with Gasteiger partial charge in [-0.3, -0.25) is 4.90 Å². The maximum atomic E-state index is 4.90. The summed E-state index contributed by atoms with van der Waals surface area (Å²) in [6.45, 7) is 16.3. The van der Waals surface area contributed by atoms with Crippen LogP contribution in [0.2, 0.25) is 0 Å². The van der Waals surface area contributed by atoms with Gasteiger partial charge in [0, 0.05) is 41.7 Å². The molecule has 2 heterocycles. The standard InChI is InChI=1S/C42H55N7/c1-7-10-11-12-13-14-36(43-5)29(4)49(20-9-3)28-40-45-26-38(47-40)35-23-32-17-15-30-21-34(22-31-16-18-33(24-35)42(32)41(30)31)37-25-44-39(46-37)27-48(6)19-8-2/h7,10-13,21-23,25-26,35-36,43H,1,4,8-9,14-20,24,27-28H2,2-3,5-6H3,(H,44,46)(H,45,47)/b11-10-,13-12-. The largest absolute Gasteiger partial charge is 0.367 e. The highest BCUT2D eigenvalue weighted by atomic mass is 15.2. The molecule has 0 spiro atoms. The Morgan fingerprint density at radius 2 is 1.73 bits per heavy atom. The molecule has 3 aromatic rings. The van der Waals surface area contributed by atoms with Crippen LogP contribution >= 0.6 is 0 Å². The van der Waals surface area contributed by atoms with Crippen LogP contribution in [0.4, 0.5) is 0 Å². The average Bonchev–Trinajstić information content (AvgIpc) is 3.78. The SMILES string of the molecule is C=C/C=C\C=C/CC(NC)C(=C)N(CCC)Cc1ncc(C2C=C3CCc4cc(-c5cnc(CN(C)CCC)[nH]5)cc5c4C3=C(CC5)C2)[nH]1. The predicted octanol–water partition coefficient (Wildman–Crippen LogP) is 8.40. The number of H-pyrrole nitrogens is 2. The fraction of sp³-hybridized carbons (Fsp3) is 0.429. The lowest BCUT2D eigenvalue weighted by atomic mass is 9.68. The Morgan fingerprint density at radius 3 is 2.49 bits per heavy atom. The van der Waals surface area contributed by atoms with Crippen molar-refractivity contribution >= 4 is 5.57 Å². The average molecular weight is 658 g/mol. The fourth-order valence-electron chi connectivity index (χ4n) is 7.95. The van der Waals surface area contributed by atoms with Gasteiger partial charge in [0.1, 0.15) is 11.6 Å². The molecule has 2 unspecified atom stereocenters. The molecule has 0 bridgehead atoms. The first-order valence-electron chi connectivity index (χ1n) is 18.3. The number of nitrogens with one attached hydrogen (secondary N) is 3. The van der Waals surface area contributed by atoms with Gasteiger partial charge in [0.2, 0.25) is 0 Å². The summed E-state index contributed by atoms with van der Waals surface area (Å²) >= 11 is 0. The van der Waals surface area contributed by atoms with Gasteiger partial charge in [0.05, 0.1) is 25.0 Å². The summed E-state index contributed by atoms with van der Waals surface area (Å²) in [6.07, 6.45) is 25.2. The van der Waals surface area contributed by atoms with Gasteiger partial charge in [-0.25, -0.2) is 9.97 Å². The summed E-state index contributed by atoms with van der Waals surface area (Å²) in [5, 5.41) is 3.46. The van der Waals surface area contributed by atoms with E-state index in [4.69, 9.17) is 9.97 Å². The van der Waals surface area contributed by atoms with Crippen molar-refractivity contribution in [3.05, 3.63) is 125 Å². The van der Waals surface area contributed by atoms with E-state index in [1.165, 1.54) is 33.5 Å². The van der Waals surface area contributed by atoms with Gasteiger partial charge in [-0.1, -0.05) is 69.0 Å². The van der Waals surface area contributed by atoms with Crippen LogP contribution in [0.1, 0.15) is 92.3 Å². The van der Waals surface area contributed by atoms with E-state index in [2.05, 4.69) is 95.7 Å². The zero-order valence-electron chi connectivity index (χ0n) is 30.1. The highest BCUT2D eigenvalue weighted by Crippen LogP contribution is 2.50. The molecule has 0 aliphatic heterocycles. The lowest BCUT2D eigenvalue weighted by Gasteiger charge is -2.36. The molecule has 3 aliphatic rings. The van der Waals surface area contributed by atoms with Crippen molar-refractivity contribution in [1.29, 1.82) is 0 Å². The number of imidazole rings is 2. The Hall–Kier alpha value is -4.20. The lowest BCUT2D eigenvalue weighted by molar-refractivity contribution is 0.300. The number of rotatable bonds is 17. The Kier molecular flexibility index (Phi) is 11.3. The Labute approximate surface area is 293 Å². The Bertz CT molecular complexity index is 1760. The van der Waals surface area contributed by atoms with Crippen molar-refractivity contribution in [2.45, 2.75) is 90.3 Å². The molecule has 0 saturated carbocycles. The second-order valence-corrected chi connectivity index (χ2v) is 14.0. The Morgan fingerprint density at radius 1 is 0.980 bits per heavy atom. The number of hydrogen-bond donors (Lipinski definition) is 3. The minimum atomic E-state index is 0.166. The van der Waals surface area contributed by atoms with Crippen LogP contribution in [0.15, 0.2) is 91.0 Å². The molecule has 7 nitrogen and oxygen atoms in total. The molecule has 0 fully saturated rings. The van der Waals surface area contributed by atoms with E-state index >= 15 is 0 Å². The lowest BCUT2D eigenvalue weighted by Crippen LogP contribution is -2.36. The number of nitrogens with zero attached hydrogens (tertiary/aromatic N) is 4. The second-order valence-electron chi connectivity index (χ2n) is 14.0. The molecule has 1 aromatic carbocycles. The van der Waals surface area contributed by atoms with Crippen molar-refractivity contribution in [2.75, 3.05) is 27.2 Å². The summed E-state index contributed by atoms with van der Waals surface area (Å²) in [5.41, 5.74) is 14.0. The van der Waals surface area contributed by atoms with Crippen LogP contribution < -0.4 is 5.32 Å². The summed E-state index contributed by atoms with van der Waals surface area (Å²) in [6, 6.07) is 5.02. The monoisotopic (exact) mass is 657 g/mol. The molecule has 0 amide bonds. The third-order valence-electron chi connectivity index (χ3n) is 10.3. The smallest absolute Gasteiger partial charge is 0.125 e. The van der Waals surface area contributed by atoms with Crippen LogP contribution in [0.3, 0.4) is 0 Å². The van der Waals surface area contributed by atoms with Crippen molar-refractivity contribution < 1.29 is 0 Å². The molecule has 2 aromatic heterocycles. The Balaban J connectivity index is 1.16. The fourth-order valence-corrected chi connectivity index (χ4v) is 7.95. The highest BCUT2D eigenvalue weighted by molar-refractivity contribution is 5.90. The van der Waals surface area contributed by atoms with Crippen LogP contribution in [-0.4, -0.2) is 63.0 Å². The number of hydrogen-bond acceptors (Lipinski definition) is 5. The zero-order chi connectivity index (χ0) is 34.3. The van der Waals surface area contributed by atoms with Crippen molar-refractivity contribution in [2.24, 2.45) is 0 Å². The van der Waals surface area contributed by atoms with Gasteiger partial charge >= 0.3 is 0 Å². The maximum Gasteiger partial charge on any atom is 0.125 e. The van der Waals surface area contributed by atoms with Crippen LogP contribution in [0.5, 0.6) is 0 Å². The van der Waals surface area contributed by atoms with Gasteiger partial charge in [-0.2, -0.15) is 0 Å². The van der Waals surface area contributed by atoms with E-state index in [0.29, 0.717) is 5.92 Å². The van der Waals surface area contributed by atoms with Crippen molar-refractivity contribution in [3.63, 3.8) is 0 Å². The van der Waals surface area contributed by atoms with E-state index in [1.807, 2.05) is 25.4 Å². The van der Waals surface area contributed by atoms with Gasteiger partial charge < -0.3 is 20.2 Å². The minimum absolute atomic E-state index is 0.166. The number of aryl methyl sites for hydroxylation is 2. The molecule has 258 valence electrons. The number of likely N-dealkylation sites (N-methyl/N-ethyl adjacent to an activating group) is 1. The van der Waals surface area contributed by atoms with Crippen LogP contribution in [-0.2, 0) is 25.9 Å². The molecular formula is C42H55N7. The molecule has 7 heteroatoms. The van der Waals surface area contributed by atoms with Gasteiger partial charge in [0.25, 0.3) is 0 Å². The van der Waals surface area contributed by atoms with E-state index in [1.54, 1.807) is 17.2 Å². The predicted molar refractivity (Wildman–Crippen MR) is 204 cm³/mol. The zero-order valence-corrected chi connectivity index (χ0v) is 30.1. The molecule has 3 N–H and O–H groups in total. The number of benzene rings is 1. The van der Waals surface area contributed by atoms with Gasteiger partial charge in [0.15, 0.2) is 0 Å². The maximum absolute atomic E-state index is 4.90. The topological polar surface area (TPSA) is 75.9 Å². The summed E-state index contributed by atoms with van der Waals surface area (Å²) in [7, 11) is 4.17. The van der Waals surface area contributed by atoms with Gasteiger partial charge in [-0.15, -0.1) is 0 Å². The summed E-state index contributed by atoms with van der Waals surface area (Å²) < 4.78 is 0. The molecule has 0 radical (unpaired) electrons. The molecular weight excluding hydrogens is 603 g/mol. The van der Waals surface area contributed by atoms with E-state index in [9.17, 15) is 0 Å². The van der Waals surface area contributed by atoms with Crippen molar-refractivity contribution in [1.82, 2.24) is 35.1 Å². The second kappa shape index (κ2) is 16.0. The van der Waals surface area contributed by atoms with E-state index in [0.717, 1.165) is 101 Å². The quantitative estimate of drug-likeness (QED) is 0.127. The normalized spacial score (nSPS) is 17.6. The van der Waals surface area contributed by atoms with Crippen LogP contribution in [0.25, 0.3) is 16.8 Å². The van der Waals surface area contributed by atoms with Crippen molar-refractivity contribution in [3.8, 4) is 11.3 Å². The first kappa shape index (κ1) is 34.7. The number of allylic oxidation sites excluding steroid dienone is 8. The number of aromatic amines is 2. The third-order valence-corrected chi connectivity index (χ3v) is 10.3. The highest BCUT2D eigenvalue weighted by Gasteiger charge is 2.33. The third kappa shape index (κ3) is 7.84. The molecule has 49 heavy (non-hydrogen) atoms. The van der Waals surface area contributed by atoms with E-state index < -0.39 is 0 Å². The first-order chi connectivity index (χ1) is 23.9. The van der Waals surface area contributed by atoms with E-state index in [-0.39, 0.29) is 6.04 Å². The number of aromatic nitrogens is 4. The molecule has 0 saturated heterocycles. The first-order valence-corrected chi connectivity index (χ1v) is 18.3. The van der Waals surface area contributed by atoms with Crippen LogP contribution in [0, 0.1) is 0 Å². The summed E-state index contributed by atoms with van der Waals surface area (Å²) in [4.78, 5) is 21.7. The molecule has 2 atom stereocenters. The van der Waals surface area contributed by atoms with Gasteiger partial charge in [-0.05, 0) is 112 Å².